The van der Waals surface area contributed by atoms with Gasteiger partial charge in [-0.2, -0.15) is 0 Å². The zero-order valence-electron chi connectivity index (χ0n) is 20.5. The number of carbonyl (C=O) groups excluding carboxylic acids is 1. The third-order valence-corrected chi connectivity index (χ3v) is 6.43. The highest BCUT2D eigenvalue weighted by molar-refractivity contribution is 6.31. The molecule has 1 aromatic heterocycles. The number of rotatable bonds is 11. The lowest BCUT2D eigenvalue weighted by atomic mass is 10.1. The van der Waals surface area contributed by atoms with Crippen LogP contribution in [0.4, 0.5) is 0 Å². The number of nitrogens with zero attached hydrogens (tertiary/aromatic N) is 3. The molecule has 0 saturated heterocycles. The molecule has 7 heteroatoms. The molecule has 1 atom stereocenters. The summed E-state index contributed by atoms with van der Waals surface area (Å²) >= 11 is 6.18. The molecule has 0 fully saturated rings. The van der Waals surface area contributed by atoms with Gasteiger partial charge in [-0.15, -0.1) is 0 Å². The number of hydrogen-bond donors (Lipinski definition) is 0. The molecule has 1 unspecified atom stereocenters. The molecule has 1 heterocycles. The van der Waals surface area contributed by atoms with Gasteiger partial charge in [0, 0.05) is 18.1 Å². The van der Waals surface area contributed by atoms with E-state index in [1.54, 1.807) is 29.9 Å². The number of hydrogen-bond acceptors (Lipinski definition) is 4. The van der Waals surface area contributed by atoms with Gasteiger partial charge in [0.1, 0.15) is 11.6 Å². The van der Waals surface area contributed by atoms with Gasteiger partial charge < -0.3 is 9.64 Å². The van der Waals surface area contributed by atoms with Crippen LogP contribution in [0.15, 0.2) is 47.3 Å². The zero-order chi connectivity index (χ0) is 24.7. The Balaban J connectivity index is 1.96. The second-order valence-corrected chi connectivity index (χ2v) is 8.97. The van der Waals surface area contributed by atoms with Crippen molar-refractivity contribution in [1.29, 1.82) is 0 Å². The lowest BCUT2D eigenvalue weighted by Crippen LogP contribution is -2.39. The predicted octanol–water partition coefficient (Wildman–Crippen LogP) is 5.79. The maximum Gasteiger partial charge on any atom is 0.261 e. The van der Waals surface area contributed by atoms with Crippen molar-refractivity contribution in [3.05, 3.63) is 69.2 Å². The molecule has 0 N–H and O–H groups in total. The Morgan fingerprint density at radius 1 is 1.12 bits per heavy atom. The van der Waals surface area contributed by atoms with E-state index in [1.165, 1.54) is 0 Å². The normalized spacial score (nSPS) is 12.0. The first-order chi connectivity index (χ1) is 16.4. The molecule has 2 aromatic carbocycles. The smallest absolute Gasteiger partial charge is 0.261 e. The maximum absolute atomic E-state index is 13.5. The molecule has 0 bridgehead atoms. The first-order valence-electron chi connectivity index (χ1n) is 12.0. The number of methoxy groups -OCH3 is 1. The lowest BCUT2D eigenvalue weighted by Gasteiger charge is -2.30. The molecule has 6 nitrogen and oxygen atoms in total. The van der Waals surface area contributed by atoms with Crippen LogP contribution >= 0.6 is 11.6 Å². The molecule has 0 aliphatic heterocycles. The summed E-state index contributed by atoms with van der Waals surface area (Å²) in [6.45, 7) is 7.13. The van der Waals surface area contributed by atoms with Crippen LogP contribution in [-0.4, -0.2) is 34.0 Å². The predicted molar refractivity (Wildman–Crippen MR) is 138 cm³/mol. The topological polar surface area (TPSA) is 64.4 Å². The van der Waals surface area contributed by atoms with Crippen molar-refractivity contribution in [2.24, 2.45) is 0 Å². The fraction of sp³-hybridized carbons (Fsp3) is 0.444. The molecular weight excluding hydrogens is 450 g/mol. The maximum atomic E-state index is 13.5. The number of carbonyl (C=O) groups is 1. The van der Waals surface area contributed by atoms with Crippen LogP contribution < -0.4 is 10.3 Å². The Kier molecular flexibility index (Phi) is 9.11. The number of ether oxygens (including phenoxy) is 1. The van der Waals surface area contributed by atoms with E-state index in [-0.39, 0.29) is 23.9 Å². The molecular formula is C27H34ClN3O3. The summed E-state index contributed by atoms with van der Waals surface area (Å²) in [5.41, 5.74) is 1.36. The van der Waals surface area contributed by atoms with Gasteiger partial charge in [0.05, 0.1) is 30.5 Å². The first-order valence-corrected chi connectivity index (χ1v) is 12.4. The Labute approximate surface area is 206 Å². The molecule has 0 radical (unpaired) electrons. The summed E-state index contributed by atoms with van der Waals surface area (Å²) in [5, 5.41) is 1.06. The molecule has 0 saturated carbocycles. The zero-order valence-corrected chi connectivity index (χ0v) is 21.3. The summed E-state index contributed by atoms with van der Waals surface area (Å²) < 4.78 is 6.90. The first kappa shape index (κ1) is 25.8. The number of aromatic nitrogens is 2. The third-order valence-electron chi connectivity index (χ3n) is 6.19. The summed E-state index contributed by atoms with van der Waals surface area (Å²) in [6, 6.07) is 12.3. The molecule has 0 spiro atoms. The number of unbranched alkanes of at least 4 members (excludes halogenated alkanes) is 3. The SMILES string of the molecule is CCCCCCN(C(=O)Cc1ccc(OC)cc1)C(C)c1nc2cc(Cl)ccc2c(=O)n1CC. The summed E-state index contributed by atoms with van der Waals surface area (Å²) in [4.78, 5) is 33.4. The highest BCUT2D eigenvalue weighted by Gasteiger charge is 2.26. The van der Waals surface area contributed by atoms with Crippen LogP contribution in [0.5, 0.6) is 5.75 Å². The Morgan fingerprint density at radius 3 is 2.50 bits per heavy atom. The van der Waals surface area contributed by atoms with Gasteiger partial charge in [-0.3, -0.25) is 14.2 Å². The van der Waals surface area contributed by atoms with Gasteiger partial charge in [0.2, 0.25) is 5.91 Å². The molecule has 0 aliphatic carbocycles. The number of halogens is 1. The fourth-order valence-corrected chi connectivity index (χ4v) is 4.40. The third kappa shape index (κ3) is 5.98. The van der Waals surface area contributed by atoms with E-state index in [0.717, 1.165) is 37.0 Å². The Bertz CT molecular complexity index is 1170. The highest BCUT2D eigenvalue weighted by atomic mass is 35.5. The monoisotopic (exact) mass is 483 g/mol. The van der Waals surface area contributed by atoms with Crippen LogP contribution in [0.3, 0.4) is 0 Å². The minimum atomic E-state index is -0.358. The van der Waals surface area contributed by atoms with Gasteiger partial charge in [0.25, 0.3) is 5.56 Å². The van der Waals surface area contributed by atoms with E-state index in [4.69, 9.17) is 21.3 Å². The van der Waals surface area contributed by atoms with E-state index in [1.807, 2.05) is 43.0 Å². The van der Waals surface area contributed by atoms with Gasteiger partial charge in [-0.05, 0) is 56.2 Å². The van der Waals surface area contributed by atoms with Crippen LogP contribution in [-0.2, 0) is 17.8 Å². The molecule has 0 aliphatic rings. The van der Waals surface area contributed by atoms with Crippen molar-refractivity contribution >= 4 is 28.4 Å². The van der Waals surface area contributed by atoms with E-state index >= 15 is 0 Å². The van der Waals surface area contributed by atoms with E-state index in [2.05, 4.69) is 6.92 Å². The molecule has 34 heavy (non-hydrogen) atoms. The van der Waals surface area contributed by atoms with E-state index in [0.29, 0.717) is 34.8 Å². The van der Waals surface area contributed by atoms with E-state index in [9.17, 15) is 9.59 Å². The van der Waals surface area contributed by atoms with Gasteiger partial charge >= 0.3 is 0 Å². The summed E-state index contributed by atoms with van der Waals surface area (Å²) in [5.74, 6) is 1.35. The quantitative estimate of drug-likeness (QED) is 0.324. The van der Waals surface area contributed by atoms with Crippen LogP contribution in [0.25, 0.3) is 10.9 Å². The Hall–Kier alpha value is -2.86. The van der Waals surface area contributed by atoms with Crippen molar-refractivity contribution < 1.29 is 9.53 Å². The van der Waals surface area contributed by atoms with Crippen molar-refractivity contribution in [2.75, 3.05) is 13.7 Å². The van der Waals surface area contributed by atoms with Crippen molar-refractivity contribution in [2.45, 2.75) is 65.5 Å². The number of benzene rings is 2. The fourth-order valence-electron chi connectivity index (χ4n) is 4.24. The van der Waals surface area contributed by atoms with Crippen molar-refractivity contribution in [3.8, 4) is 5.75 Å². The molecule has 1 amide bonds. The molecule has 182 valence electrons. The standard InChI is InChI=1S/C27H34ClN3O3/c1-5-7-8-9-16-31(25(32)17-20-10-13-22(34-4)14-11-20)19(3)26-29-24-18-21(28)12-15-23(24)27(33)30(26)6-2/h10-15,18-19H,5-9,16-17H2,1-4H3. The number of amides is 1. The van der Waals surface area contributed by atoms with Crippen LogP contribution in [0.2, 0.25) is 5.02 Å². The Morgan fingerprint density at radius 2 is 1.85 bits per heavy atom. The van der Waals surface area contributed by atoms with E-state index < -0.39 is 0 Å². The second-order valence-electron chi connectivity index (χ2n) is 8.53. The number of fused-ring (bicyclic) bond motifs is 1. The minimum absolute atomic E-state index is 0.0114. The largest absolute Gasteiger partial charge is 0.497 e. The highest BCUT2D eigenvalue weighted by Crippen LogP contribution is 2.24. The van der Waals surface area contributed by atoms with Gasteiger partial charge in [-0.25, -0.2) is 4.98 Å². The van der Waals surface area contributed by atoms with Gasteiger partial charge in [0.15, 0.2) is 0 Å². The van der Waals surface area contributed by atoms with Crippen molar-refractivity contribution in [1.82, 2.24) is 14.5 Å². The summed E-state index contributed by atoms with van der Waals surface area (Å²) in [7, 11) is 1.62. The average Bonchev–Trinajstić information content (AvgIpc) is 2.83. The molecule has 3 aromatic rings. The lowest BCUT2D eigenvalue weighted by molar-refractivity contribution is -0.133. The minimum Gasteiger partial charge on any atom is -0.497 e. The van der Waals surface area contributed by atoms with Crippen molar-refractivity contribution in [3.63, 3.8) is 0 Å². The van der Waals surface area contributed by atoms with Crippen LogP contribution in [0, 0.1) is 0 Å². The molecule has 3 rings (SSSR count). The second kappa shape index (κ2) is 12.0. The average molecular weight is 484 g/mol. The van der Waals surface area contributed by atoms with Crippen LogP contribution in [0.1, 0.15) is 63.9 Å². The summed E-state index contributed by atoms with van der Waals surface area (Å²) in [6.07, 6.45) is 4.48. The van der Waals surface area contributed by atoms with Gasteiger partial charge in [-0.1, -0.05) is 49.9 Å².